The van der Waals surface area contributed by atoms with E-state index in [-0.39, 0.29) is 6.04 Å². The van der Waals surface area contributed by atoms with Crippen LogP contribution in [0.3, 0.4) is 0 Å². The van der Waals surface area contributed by atoms with Crippen molar-refractivity contribution in [3.63, 3.8) is 0 Å². The molecule has 1 aromatic heterocycles. The Balaban J connectivity index is 2.01. The van der Waals surface area contributed by atoms with Gasteiger partial charge in [-0.15, -0.1) is 0 Å². The Hall–Kier alpha value is -1.37. The fourth-order valence-corrected chi connectivity index (χ4v) is 2.93. The normalized spacial score (nSPS) is 12.4. The van der Waals surface area contributed by atoms with Crippen LogP contribution in [0, 0.1) is 0 Å². The summed E-state index contributed by atoms with van der Waals surface area (Å²) in [7, 11) is 1.95. The van der Waals surface area contributed by atoms with E-state index in [1.807, 2.05) is 42.1 Å². The molecule has 0 amide bonds. The topological polar surface area (TPSA) is 65.1 Å². The molecule has 1 atom stereocenters. The Morgan fingerprint density at radius 3 is 2.67 bits per heavy atom. The summed E-state index contributed by atoms with van der Waals surface area (Å²) in [6.07, 6.45) is 1.64. The molecule has 0 spiro atoms. The molecule has 0 aliphatic rings. The second kappa shape index (κ2) is 7.59. The maximum absolute atomic E-state index is 5.76. The summed E-state index contributed by atoms with van der Waals surface area (Å²) in [5.74, 6) is 6.49. The number of hydrogen-bond donors (Lipinski definition) is 2. The number of nitrogens with one attached hydrogen (secondary N) is 1. The summed E-state index contributed by atoms with van der Waals surface area (Å²) < 4.78 is 8.72. The monoisotopic (exact) mass is 352 g/mol. The lowest BCUT2D eigenvalue weighted by Gasteiger charge is -2.17. The van der Waals surface area contributed by atoms with Crippen LogP contribution in [-0.2, 0) is 19.9 Å². The van der Waals surface area contributed by atoms with Gasteiger partial charge in [0, 0.05) is 13.5 Å². The lowest BCUT2D eigenvalue weighted by Crippen LogP contribution is -2.41. The number of hydrogen-bond acceptors (Lipinski definition) is 4. The Morgan fingerprint density at radius 2 is 2.10 bits per heavy atom. The van der Waals surface area contributed by atoms with Gasteiger partial charge in [0.15, 0.2) is 0 Å². The summed E-state index contributed by atoms with van der Waals surface area (Å²) >= 11 is 3.62. The van der Waals surface area contributed by atoms with Crippen LogP contribution in [0.25, 0.3) is 0 Å². The van der Waals surface area contributed by atoms with Gasteiger partial charge in [-0.2, -0.15) is 5.10 Å². The molecule has 1 aromatic carbocycles. The van der Waals surface area contributed by atoms with Crippen molar-refractivity contribution >= 4 is 15.9 Å². The quantitative estimate of drug-likeness (QED) is 0.592. The molecule has 2 aromatic rings. The van der Waals surface area contributed by atoms with E-state index in [4.69, 9.17) is 10.6 Å². The average molecular weight is 353 g/mol. The van der Waals surface area contributed by atoms with E-state index in [2.05, 4.69) is 33.4 Å². The minimum Gasteiger partial charge on any atom is -0.492 e. The van der Waals surface area contributed by atoms with Crippen molar-refractivity contribution in [1.82, 2.24) is 15.2 Å². The summed E-state index contributed by atoms with van der Waals surface area (Å²) in [6.45, 7) is 2.59. The maximum atomic E-state index is 5.76. The predicted octanol–water partition coefficient (Wildman–Crippen LogP) is 2.20. The van der Waals surface area contributed by atoms with Crippen LogP contribution in [0.1, 0.15) is 18.3 Å². The highest BCUT2D eigenvalue weighted by atomic mass is 79.9. The van der Waals surface area contributed by atoms with Crippen LogP contribution in [0.15, 0.2) is 34.8 Å². The molecule has 6 heteroatoms. The Bertz CT molecular complexity index is 571. The number of para-hydroxylation sites is 1. The minimum absolute atomic E-state index is 0.0154. The molecule has 0 aliphatic heterocycles. The highest BCUT2D eigenvalue weighted by molar-refractivity contribution is 9.10. The fraction of sp³-hybridized carbons (Fsp3) is 0.400. The number of ether oxygens (including phenoxy) is 1. The Morgan fingerprint density at radius 1 is 1.38 bits per heavy atom. The Labute approximate surface area is 133 Å². The van der Waals surface area contributed by atoms with E-state index in [1.165, 1.54) is 0 Å². The van der Waals surface area contributed by atoms with E-state index in [0.717, 1.165) is 34.5 Å². The van der Waals surface area contributed by atoms with Crippen LogP contribution in [0.4, 0.5) is 0 Å². The fourth-order valence-electron chi connectivity index (χ4n) is 2.15. The van der Waals surface area contributed by atoms with E-state index in [1.54, 1.807) is 0 Å². The van der Waals surface area contributed by atoms with Gasteiger partial charge in [-0.1, -0.05) is 25.1 Å². The first-order valence-corrected chi connectivity index (χ1v) is 7.79. The van der Waals surface area contributed by atoms with Gasteiger partial charge < -0.3 is 4.74 Å². The first kappa shape index (κ1) is 16.0. The first-order chi connectivity index (χ1) is 10.2. The van der Waals surface area contributed by atoms with Gasteiger partial charge in [0.25, 0.3) is 0 Å². The van der Waals surface area contributed by atoms with Crippen molar-refractivity contribution in [2.24, 2.45) is 12.9 Å². The molecular formula is C15H21BrN4O. The van der Waals surface area contributed by atoms with Gasteiger partial charge in [-0.25, -0.2) is 0 Å². The van der Waals surface area contributed by atoms with E-state index < -0.39 is 0 Å². The van der Waals surface area contributed by atoms with Gasteiger partial charge in [-0.05, 0) is 34.5 Å². The molecular weight excluding hydrogens is 332 g/mol. The highest BCUT2D eigenvalue weighted by Crippen LogP contribution is 2.23. The molecule has 0 aliphatic carbocycles. The number of aryl methyl sites for hydroxylation is 2. The number of benzene rings is 1. The summed E-state index contributed by atoms with van der Waals surface area (Å²) in [5.41, 5.74) is 4.99. The molecule has 1 unspecified atom stereocenters. The first-order valence-electron chi connectivity index (χ1n) is 6.99. The number of aromatic nitrogens is 2. The van der Waals surface area contributed by atoms with Crippen molar-refractivity contribution in [3.05, 3.63) is 46.2 Å². The molecule has 114 valence electrons. The van der Waals surface area contributed by atoms with Crippen LogP contribution in [0.5, 0.6) is 5.75 Å². The number of rotatable bonds is 7. The number of halogens is 1. The number of hydrazine groups is 1. The molecule has 0 fully saturated rings. The minimum atomic E-state index is 0.0154. The van der Waals surface area contributed by atoms with Crippen molar-refractivity contribution in [2.45, 2.75) is 25.8 Å². The molecule has 2 rings (SSSR count). The zero-order valence-corrected chi connectivity index (χ0v) is 13.9. The third-order valence-electron chi connectivity index (χ3n) is 3.37. The molecule has 1 heterocycles. The maximum Gasteiger partial charge on any atom is 0.119 e. The van der Waals surface area contributed by atoms with Crippen molar-refractivity contribution in [1.29, 1.82) is 0 Å². The Kier molecular flexibility index (Phi) is 5.78. The molecule has 0 bridgehead atoms. The SMILES string of the molecule is CCc1nn(C)c(CC(COc2ccccc2)NN)c1Br. The average Bonchev–Trinajstić information content (AvgIpc) is 2.79. The van der Waals surface area contributed by atoms with Gasteiger partial charge in [-0.3, -0.25) is 16.0 Å². The van der Waals surface area contributed by atoms with Crippen LogP contribution in [-0.4, -0.2) is 22.4 Å². The number of nitrogens with two attached hydrogens (primary N) is 1. The molecule has 0 saturated heterocycles. The second-order valence-electron chi connectivity index (χ2n) is 4.88. The second-order valence-corrected chi connectivity index (χ2v) is 5.67. The van der Waals surface area contributed by atoms with Crippen LogP contribution in [0.2, 0.25) is 0 Å². The molecule has 0 radical (unpaired) electrons. The van der Waals surface area contributed by atoms with Gasteiger partial charge >= 0.3 is 0 Å². The number of nitrogens with zero attached hydrogens (tertiary/aromatic N) is 2. The standard InChI is InChI=1S/C15H21BrN4O/c1-3-13-15(16)14(20(2)19-13)9-11(18-17)10-21-12-7-5-4-6-8-12/h4-8,11,18H,3,9-10,17H2,1-2H3. The van der Waals surface area contributed by atoms with E-state index in [9.17, 15) is 0 Å². The van der Waals surface area contributed by atoms with Crippen LogP contribution >= 0.6 is 15.9 Å². The highest BCUT2D eigenvalue weighted by Gasteiger charge is 2.17. The van der Waals surface area contributed by atoms with Gasteiger partial charge in [0.2, 0.25) is 0 Å². The predicted molar refractivity (Wildman–Crippen MR) is 87.0 cm³/mol. The largest absolute Gasteiger partial charge is 0.492 e. The van der Waals surface area contributed by atoms with Gasteiger partial charge in [0.1, 0.15) is 12.4 Å². The summed E-state index contributed by atoms with van der Waals surface area (Å²) in [4.78, 5) is 0. The van der Waals surface area contributed by atoms with Crippen molar-refractivity contribution in [3.8, 4) is 5.75 Å². The molecule has 5 nitrogen and oxygen atoms in total. The smallest absolute Gasteiger partial charge is 0.119 e. The third-order valence-corrected chi connectivity index (χ3v) is 4.29. The zero-order valence-electron chi connectivity index (χ0n) is 12.3. The zero-order chi connectivity index (χ0) is 15.2. The van der Waals surface area contributed by atoms with E-state index >= 15 is 0 Å². The third kappa shape index (κ3) is 4.06. The molecule has 0 saturated carbocycles. The lowest BCUT2D eigenvalue weighted by molar-refractivity contribution is 0.262. The van der Waals surface area contributed by atoms with Gasteiger partial charge in [0.05, 0.1) is 21.9 Å². The molecule has 3 N–H and O–H groups in total. The summed E-state index contributed by atoms with van der Waals surface area (Å²) in [5, 5.41) is 4.49. The lowest BCUT2D eigenvalue weighted by atomic mass is 10.1. The molecule has 21 heavy (non-hydrogen) atoms. The van der Waals surface area contributed by atoms with Crippen molar-refractivity contribution in [2.75, 3.05) is 6.61 Å². The van der Waals surface area contributed by atoms with E-state index in [0.29, 0.717) is 6.61 Å². The summed E-state index contributed by atoms with van der Waals surface area (Å²) in [6, 6.07) is 9.74. The van der Waals surface area contributed by atoms with Crippen molar-refractivity contribution < 1.29 is 4.74 Å². The van der Waals surface area contributed by atoms with Crippen LogP contribution < -0.4 is 16.0 Å².